The minimum absolute atomic E-state index is 0.351. The number of nitrogens with one attached hydrogen (secondary N) is 1. The van der Waals surface area contributed by atoms with Gasteiger partial charge in [0.1, 0.15) is 0 Å². The van der Waals surface area contributed by atoms with Gasteiger partial charge in [-0.05, 0) is 6.42 Å². The second-order valence-electron chi connectivity index (χ2n) is 5.97. The fourth-order valence-electron chi connectivity index (χ4n) is 1.81. The summed E-state index contributed by atoms with van der Waals surface area (Å²) in [6.45, 7) is -1.40. The van der Waals surface area contributed by atoms with E-state index in [1.165, 1.54) is 0 Å². The number of hydrogen-bond acceptors (Lipinski definition) is 2. The van der Waals surface area contributed by atoms with Crippen molar-refractivity contribution in [1.29, 1.82) is 0 Å². The Morgan fingerprint density at radius 3 is 1.47 bits per heavy atom. The van der Waals surface area contributed by atoms with Crippen LogP contribution in [0.1, 0.15) is 6.42 Å². The van der Waals surface area contributed by atoms with Crippen molar-refractivity contribution in [3.8, 4) is 0 Å². The average molecular weight is 517 g/mol. The molecule has 0 aliphatic carbocycles. The monoisotopic (exact) mass is 517 g/mol. The van der Waals surface area contributed by atoms with Crippen molar-refractivity contribution in [1.82, 2.24) is 5.32 Å². The van der Waals surface area contributed by atoms with Crippen molar-refractivity contribution < 1.29 is 79.8 Å². The highest BCUT2D eigenvalue weighted by atomic mass is 19.4. The van der Waals surface area contributed by atoms with E-state index in [9.17, 15) is 75.0 Å². The molecule has 19 heteroatoms. The Labute approximate surface area is 167 Å². The van der Waals surface area contributed by atoms with Crippen LogP contribution < -0.4 is 5.32 Å². The summed E-state index contributed by atoms with van der Waals surface area (Å²) in [5.74, 6) is -59.4. The molecule has 1 N–H and O–H groups in total. The van der Waals surface area contributed by atoms with Gasteiger partial charge in [-0.25, -0.2) is 8.78 Å². The molecule has 0 saturated carbocycles. The lowest BCUT2D eigenvalue weighted by Crippen LogP contribution is -2.74. The van der Waals surface area contributed by atoms with Gasteiger partial charge in [0.25, 0.3) is 5.91 Å². The van der Waals surface area contributed by atoms with Crippen LogP contribution in [0.15, 0.2) is 0 Å². The normalized spacial score (nSPS) is 15.3. The van der Waals surface area contributed by atoms with E-state index in [1.807, 2.05) is 0 Å². The van der Waals surface area contributed by atoms with E-state index in [2.05, 4.69) is 4.74 Å². The zero-order valence-electron chi connectivity index (χ0n) is 15.1. The zero-order chi connectivity index (χ0) is 26.2. The van der Waals surface area contributed by atoms with Gasteiger partial charge in [-0.3, -0.25) is 4.79 Å². The third kappa shape index (κ3) is 4.27. The molecule has 3 nitrogen and oxygen atoms in total. The minimum atomic E-state index is -8.52. The summed E-state index contributed by atoms with van der Waals surface area (Å²) < 4.78 is 214. The first-order valence-electron chi connectivity index (χ1n) is 7.63. The highest BCUT2D eigenvalue weighted by Crippen LogP contribution is 2.62. The third-order valence-electron chi connectivity index (χ3n) is 3.76. The number of hydrogen-bond donors (Lipinski definition) is 1. The summed E-state index contributed by atoms with van der Waals surface area (Å²) >= 11 is 0. The standard InChI is InChI=1S/C13H11F16NO2/c1-32-4-2-3-30-6(31)8(18,19)10(22,23)12(26,27)13(28,29)11(24,25)9(20,21)7(16,17)5(14)15/h5H,2-4H2,1H3,(H,30,31). The lowest BCUT2D eigenvalue weighted by atomic mass is 9.89. The Kier molecular flexibility index (Phi) is 8.45. The number of methoxy groups -OCH3 is 1. The topological polar surface area (TPSA) is 38.3 Å². The molecule has 0 aliphatic rings. The van der Waals surface area contributed by atoms with Gasteiger partial charge >= 0.3 is 47.9 Å². The quantitative estimate of drug-likeness (QED) is 0.297. The molecule has 0 aromatic rings. The second-order valence-corrected chi connectivity index (χ2v) is 5.97. The fourth-order valence-corrected chi connectivity index (χ4v) is 1.81. The largest absolute Gasteiger partial charge is 0.392 e. The number of rotatable bonds is 12. The first-order valence-corrected chi connectivity index (χ1v) is 7.63. The average Bonchev–Trinajstić information content (AvgIpc) is 2.63. The van der Waals surface area contributed by atoms with Crippen molar-refractivity contribution in [3.05, 3.63) is 0 Å². The van der Waals surface area contributed by atoms with E-state index >= 15 is 0 Å². The Balaban J connectivity index is 6.35. The van der Waals surface area contributed by atoms with Gasteiger partial charge in [0.2, 0.25) is 0 Å². The van der Waals surface area contributed by atoms with Gasteiger partial charge in [0.05, 0.1) is 0 Å². The summed E-state index contributed by atoms with van der Waals surface area (Å²) in [5.41, 5.74) is 0. The van der Waals surface area contributed by atoms with Gasteiger partial charge in [0.15, 0.2) is 0 Å². The molecule has 0 aromatic carbocycles. The maximum absolute atomic E-state index is 13.5. The predicted octanol–water partition coefficient (Wildman–Crippen LogP) is 4.85. The summed E-state index contributed by atoms with van der Waals surface area (Å²) in [7, 11) is 1.01. The van der Waals surface area contributed by atoms with E-state index in [0.29, 0.717) is 0 Å². The number of halogens is 16. The maximum atomic E-state index is 13.5. The van der Waals surface area contributed by atoms with Crippen LogP contribution in [0.2, 0.25) is 0 Å². The van der Waals surface area contributed by atoms with Crippen LogP contribution in [-0.2, 0) is 9.53 Å². The number of carbonyl (C=O) groups is 1. The molecule has 192 valence electrons. The van der Waals surface area contributed by atoms with Crippen molar-refractivity contribution >= 4 is 5.91 Å². The number of carbonyl (C=O) groups excluding carboxylic acids is 1. The van der Waals surface area contributed by atoms with Crippen molar-refractivity contribution in [2.75, 3.05) is 20.3 Å². The molecule has 1 amide bonds. The number of ether oxygens (including phenoxy) is 1. The zero-order valence-corrected chi connectivity index (χ0v) is 15.1. The molecular formula is C13H11F16NO2. The number of amides is 1. The van der Waals surface area contributed by atoms with Crippen molar-refractivity contribution in [3.63, 3.8) is 0 Å². The molecule has 0 rings (SSSR count). The molecular weight excluding hydrogens is 506 g/mol. The molecule has 0 bridgehead atoms. The molecule has 0 aliphatic heterocycles. The van der Waals surface area contributed by atoms with E-state index in [4.69, 9.17) is 0 Å². The Morgan fingerprint density at radius 2 is 1.09 bits per heavy atom. The third-order valence-corrected chi connectivity index (χ3v) is 3.76. The van der Waals surface area contributed by atoms with E-state index in [1.54, 1.807) is 0 Å². The summed E-state index contributed by atoms with van der Waals surface area (Å²) in [5, 5.41) is 0.814. The van der Waals surface area contributed by atoms with Crippen LogP contribution in [0.4, 0.5) is 70.2 Å². The summed E-state index contributed by atoms with van der Waals surface area (Å²) in [6.07, 6.45) is -6.36. The molecule has 0 aromatic heterocycles. The smallest absolute Gasteiger partial charge is 0.385 e. The molecule has 0 atom stereocenters. The van der Waals surface area contributed by atoms with Gasteiger partial charge in [-0.1, -0.05) is 0 Å². The van der Waals surface area contributed by atoms with Crippen LogP contribution in [0.5, 0.6) is 0 Å². The molecule has 0 saturated heterocycles. The van der Waals surface area contributed by atoms with Crippen LogP contribution in [-0.4, -0.2) is 74.1 Å². The lowest BCUT2D eigenvalue weighted by molar-refractivity contribution is -0.443. The fraction of sp³-hybridized carbons (Fsp3) is 0.923. The van der Waals surface area contributed by atoms with E-state index < -0.39 is 66.8 Å². The summed E-state index contributed by atoms with van der Waals surface area (Å²) in [6, 6.07) is 0. The Hall–Kier alpha value is -1.69. The second kappa shape index (κ2) is 8.92. The SMILES string of the molecule is COCCCNC(=O)C(F)(F)C(F)(F)C(F)(F)C(F)(F)C(F)(F)C(F)(F)C(F)(F)C(F)F. The molecule has 0 spiro atoms. The molecule has 32 heavy (non-hydrogen) atoms. The van der Waals surface area contributed by atoms with Crippen LogP contribution in [0.25, 0.3) is 0 Å². The summed E-state index contributed by atoms with van der Waals surface area (Å²) in [4.78, 5) is 11.0. The minimum Gasteiger partial charge on any atom is -0.385 e. The Morgan fingerprint density at radius 1 is 0.719 bits per heavy atom. The first-order chi connectivity index (χ1) is 13.9. The van der Waals surface area contributed by atoms with Crippen LogP contribution in [0, 0.1) is 0 Å². The van der Waals surface area contributed by atoms with Crippen LogP contribution >= 0.6 is 0 Å². The first kappa shape index (κ1) is 30.3. The molecule has 0 radical (unpaired) electrons. The lowest BCUT2D eigenvalue weighted by Gasteiger charge is -2.42. The van der Waals surface area contributed by atoms with Crippen molar-refractivity contribution in [2.24, 2.45) is 0 Å². The van der Waals surface area contributed by atoms with Gasteiger partial charge in [-0.2, -0.15) is 61.5 Å². The number of alkyl halides is 16. The van der Waals surface area contributed by atoms with Crippen molar-refractivity contribution in [2.45, 2.75) is 54.3 Å². The van der Waals surface area contributed by atoms with E-state index in [-0.39, 0.29) is 6.61 Å². The molecule has 0 heterocycles. The predicted molar refractivity (Wildman–Crippen MR) is 70.1 cm³/mol. The molecule has 0 fully saturated rings. The van der Waals surface area contributed by atoms with Gasteiger partial charge in [0, 0.05) is 20.3 Å². The van der Waals surface area contributed by atoms with Crippen LogP contribution in [0.3, 0.4) is 0 Å². The highest BCUT2D eigenvalue weighted by molar-refractivity contribution is 5.84. The molecule has 0 unspecified atom stereocenters. The van der Waals surface area contributed by atoms with E-state index in [0.717, 1.165) is 12.4 Å². The van der Waals surface area contributed by atoms with Gasteiger partial charge in [-0.15, -0.1) is 0 Å². The maximum Gasteiger partial charge on any atom is 0.392 e. The Bertz CT molecular complexity index is 662. The van der Waals surface area contributed by atoms with Gasteiger partial charge < -0.3 is 10.1 Å². The highest BCUT2D eigenvalue weighted by Gasteiger charge is 2.94.